The molecule has 112 valence electrons. The van der Waals surface area contributed by atoms with Gasteiger partial charge in [-0.25, -0.2) is 0 Å². The van der Waals surface area contributed by atoms with Crippen LogP contribution in [0.1, 0.15) is 46.5 Å². The normalized spacial score (nSPS) is 20.6. The van der Waals surface area contributed by atoms with Crippen LogP contribution in [0.3, 0.4) is 0 Å². The zero-order valence-corrected chi connectivity index (χ0v) is 12.6. The van der Waals surface area contributed by atoms with Crippen LogP contribution in [0.5, 0.6) is 6.01 Å². The van der Waals surface area contributed by atoms with Crippen molar-refractivity contribution in [2.24, 2.45) is 5.92 Å². The molecule has 0 aromatic carbocycles. The number of ether oxygens (including phenoxy) is 1. The summed E-state index contributed by atoms with van der Waals surface area (Å²) in [5, 5.41) is 6.57. The Kier molecular flexibility index (Phi) is 5.38. The largest absolute Gasteiger partial charge is 0.464 e. The number of rotatable bonds is 9. The average Bonchev–Trinajstić information content (AvgIpc) is 3.15. The van der Waals surface area contributed by atoms with Gasteiger partial charge in [-0.1, -0.05) is 20.3 Å². The SMILES string of the molecule is CCCNc1nc(NC2CC2CCC)nc(OCC)n1. The topological polar surface area (TPSA) is 72.0 Å². The minimum absolute atomic E-state index is 0.385. The minimum Gasteiger partial charge on any atom is -0.464 e. The molecule has 0 spiro atoms. The van der Waals surface area contributed by atoms with Crippen molar-refractivity contribution < 1.29 is 4.74 Å². The summed E-state index contributed by atoms with van der Waals surface area (Å²) in [6.07, 6.45) is 4.73. The Morgan fingerprint density at radius 2 is 1.90 bits per heavy atom. The lowest BCUT2D eigenvalue weighted by molar-refractivity contribution is 0.312. The van der Waals surface area contributed by atoms with Crippen molar-refractivity contribution in [2.75, 3.05) is 23.8 Å². The lowest BCUT2D eigenvalue weighted by Crippen LogP contribution is -2.13. The maximum atomic E-state index is 5.40. The van der Waals surface area contributed by atoms with E-state index in [1.165, 1.54) is 19.3 Å². The summed E-state index contributed by atoms with van der Waals surface area (Å²) in [6.45, 7) is 7.65. The molecule has 1 aromatic heterocycles. The lowest BCUT2D eigenvalue weighted by Gasteiger charge is -2.09. The maximum absolute atomic E-state index is 5.40. The fourth-order valence-corrected chi connectivity index (χ4v) is 2.21. The van der Waals surface area contributed by atoms with E-state index in [0.717, 1.165) is 18.9 Å². The monoisotopic (exact) mass is 279 g/mol. The summed E-state index contributed by atoms with van der Waals surface area (Å²) >= 11 is 0. The summed E-state index contributed by atoms with van der Waals surface area (Å²) in [5.74, 6) is 1.96. The molecule has 1 aliphatic rings. The van der Waals surface area contributed by atoms with Crippen molar-refractivity contribution >= 4 is 11.9 Å². The predicted octanol–water partition coefficient (Wildman–Crippen LogP) is 2.69. The number of nitrogens with one attached hydrogen (secondary N) is 2. The smallest absolute Gasteiger partial charge is 0.323 e. The summed E-state index contributed by atoms with van der Waals surface area (Å²) in [5.41, 5.74) is 0. The number of aromatic nitrogens is 3. The summed E-state index contributed by atoms with van der Waals surface area (Å²) in [7, 11) is 0. The maximum Gasteiger partial charge on any atom is 0.323 e. The fraction of sp³-hybridized carbons (Fsp3) is 0.786. The molecule has 6 heteroatoms. The van der Waals surface area contributed by atoms with Crippen molar-refractivity contribution in [3.05, 3.63) is 0 Å². The van der Waals surface area contributed by atoms with Crippen LogP contribution in [0.2, 0.25) is 0 Å². The van der Waals surface area contributed by atoms with Gasteiger partial charge in [-0.15, -0.1) is 0 Å². The lowest BCUT2D eigenvalue weighted by atomic mass is 10.2. The van der Waals surface area contributed by atoms with Crippen LogP contribution in [0.25, 0.3) is 0 Å². The second-order valence-electron chi connectivity index (χ2n) is 5.16. The molecule has 1 aromatic rings. The minimum atomic E-state index is 0.385. The molecule has 1 aliphatic carbocycles. The van der Waals surface area contributed by atoms with Gasteiger partial charge in [0.05, 0.1) is 6.61 Å². The molecular weight excluding hydrogens is 254 g/mol. The molecule has 2 atom stereocenters. The molecule has 0 aliphatic heterocycles. The van der Waals surface area contributed by atoms with Crippen LogP contribution in [0, 0.1) is 5.92 Å². The second kappa shape index (κ2) is 7.26. The highest BCUT2D eigenvalue weighted by Gasteiger charge is 2.36. The average molecular weight is 279 g/mol. The first-order chi connectivity index (χ1) is 9.76. The first-order valence-corrected chi connectivity index (χ1v) is 7.66. The molecule has 20 heavy (non-hydrogen) atoms. The summed E-state index contributed by atoms with van der Waals surface area (Å²) < 4.78 is 5.40. The predicted molar refractivity (Wildman–Crippen MR) is 80.2 cm³/mol. The Balaban J connectivity index is 2.00. The molecule has 0 amide bonds. The van der Waals surface area contributed by atoms with Gasteiger partial charge in [0, 0.05) is 12.6 Å². The second-order valence-corrected chi connectivity index (χ2v) is 5.16. The first kappa shape index (κ1) is 14.8. The molecule has 0 bridgehead atoms. The van der Waals surface area contributed by atoms with E-state index in [0.29, 0.717) is 30.6 Å². The van der Waals surface area contributed by atoms with Gasteiger partial charge in [-0.2, -0.15) is 15.0 Å². The zero-order chi connectivity index (χ0) is 14.4. The molecule has 0 radical (unpaired) electrons. The van der Waals surface area contributed by atoms with E-state index in [4.69, 9.17) is 4.74 Å². The van der Waals surface area contributed by atoms with E-state index in [1.807, 2.05) is 6.92 Å². The van der Waals surface area contributed by atoms with Crippen molar-refractivity contribution in [3.8, 4) is 6.01 Å². The van der Waals surface area contributed by atoms with Crippen LogP contribution in [0.15, 0.2) is 0 Å². The Morgan fingerprint density at radius 1 is 1.10 bits per heavy atom. The van der Waals surface area contributed by atoms with E-state index in [9.17, 15) is 0 Å². The highest BCUT2D eigenvalue weighted by molar-refractivity contribution is 5.38. The molecule has 1 fully saturated rings. The first-order valence-electron chi connectivity index (χ1n) is 7.66. The third-order valence-electron chi connectivity index (χ3n) is 3.32. The van der Waals surface area contributed by atoms with E-state index < -0.39 is 0 Å². The highest BCUT2D eigenvalue weighted by atomic mass is 16.5. The van der Waals surface area contributed by atoms with Gasteiger partial charge in [0.1, 0.15) is 0 Å². The van der Waals surface area contributed by atoms with Crippen molar-refractivity contribution in [1.82, 2.24) is 15.0 Å². The molecule has 6 nitrogen and oxygen atoms in total. The summed E-state index contributed by atoms with van der Waals surface area (Å²) in [4.78, 5) is 13.0. The van der Waals surface area contributed by atoms with Gasteiger partial charge in [-0.3, -0.25) is 0 Å². The number of anilines is 2. The standard InChI is InChI=1S/C14H25N5O/c1-4-7-10-9-11(10)16-13-17-12(15-8-5-2)18-14(19-13)20-6-3/h10-11H,4-9H2,1-3H3,(H2,15,16,17,18,19). The Bertz CT molecular complexity index is 426. The van der Waals surface area contributed by atoms with Crippen molar-refractivity contribution in [1.29, 1.82) is 0 Å². The van der Waals surface area contributed by atoms with Crippen LogP contribution >= 0.6 is 0 Å². The van der Waals surface area contributed by atoms with Gasteiger partial charge in [0.15, 0.2) is 0 Å². The molecule has 2 N–H and O–H groups in total. The molecule has 1 saturated carbocycles. The van der Waals surface area contributed by atoms with Crippen LogP contribution in [0.4, 0.5) is 11.9 Å². The Hall–Kier alpha value is -1.59. The number of hydrogen-bond acceptors (Lipinski definition) is 6. The van der Waals surface area contributed by atoms with E-state index >= 15 is 0 Å². The van der Waals surface area contributed by atoms with Gasteiger partial charge in [-0.05, 0) is 32.1 Å². The van der Waals surface area contributed by atoms with Crippen molar-refractivity contribution in [3.63, 3.8) is 0 Å². The zero-order valence-electron chi connectivity index (χ0n) is 12.6. The third-order valence-corrected chi connectivity index (χ3v) is 3.32. The molecule has 2 unspecified atom stereocenters. The van der Waals surface area contributed by atoms with Gasteiger partial charge in [0.2, 0.25) is 11.9 Å². The van der Waals surface area contributed by atoms with Crippen LogP contribution in [-0.4, -0.2) is 34.1 Å². The number of hydrogen-bond donors (Lipinski definition) is 2. The Morgan fingerprint density at radius 3 is 2.60 bits per heavy atom. The highest BCUT2D eigenvalue weighted by Crippen LogP contribution is 2.36. The van der Waals surface area contributed by atoms with Gasteiger partial charge < -0.3 is 15.4 Å². The molecule has 0 saturated heterocycles. The fourth-order valence-electron chi connectivity index (χ4n) is 2.21. The van der Waals surface area contributed by atoms with E-state index in [2.05, 4.69) is 39.4 Å². The van der Waals surface area contributed by atoms with Gasteiger partial charge >= 0.3 is 6.01 Å². The molecule has 1 heterocycles. The third kappa shape index (κ3) is 4.21. The quantitative estimate of drug-likeness (QED) is 0.724. The summed E-state index contributed by atoms with van der Waals surface area (Å²) in [6, 6.07) is 0.891. The molecular formula is C14H25N5O. The van der Waals surface area contributed by atoms with Crippen LogP contribution < -0.4 is 15.4 Å². The molecule has 2 rings (SSSR count). The van der Waals surface area contributed by atoms with E-state index in [1.54, 1.807) is 0 Å². The van der Waals surface area contributed by atoms with Crippen molar-refractivity contribution in [2.45, 2.75) is 52.5 Å². The Labute approximate surface area is 120 Å². The van der Waals surface area contributed by atoms with E-state index in [-0.39, 0.29) is 0 Å². The van der Waals surface area contributed by atoms with Gasteiger partial charge in [0.25, 0.3) is 0 Å². The van der Waals surface area contributed by atoms with Crippen LogP contribution in [-0.2, 0) is 0 Å². The number of nitrogens with zero attached hydrogens (tertiary/aromatic N) is 3.